The van der Waals surface area contributed by atoms with Gasteiger partial charge in [-0.15, -0.1) is 11.3 Å². The first-order valence-electron chi connectivity index (χ1n) is 6.26. The molecule has 0 aliphatic heterocycles. The number of thiazole rings is 1. The van der Waals surface area contributed by atoms with E-state index in [1.54, 1.807) is 23.7 Å². The van der Waals surface area contributed by atoms with Crippen molar-refractivity contribution in [2.45, 2.75) is 0 Å². The molecule has 0 unspecified atom stereocenters. The number of nitrogens with zero attached hydrogens (tertiary/aromatic N) is 2. The lowest BCUT2D eigenvalue weighted by atomic mass is 10.1. The maximum absolute atomic E-state index is 13.7. The van der Waals surface area contributed by atoms with E-state index in [1.807, 2.05) is 0 Å². The molecule has 1 N–H and O–H groups in total. The minimum Gasteiger partial charge on any atom is -0.298 e. The first-order chi connectivity index (χ1) is 10.6. The second-order valence-electron chi connectivity index (χ2n) is 4.36. The highest BCUT2D eigenvalue weighted by Crippen LogP contribution is 2.27. The van der Waals surface area contributed by atoms with Gasteiger partial charge in [0.1, 0.15) is 11.6 Å². The van der Waals surface area contributed by atoms with Crippen molar-refractivity contribution in [2.24, 2.45) is 0 Å². The number of pyridine rings is 1. The normalized spacial score (nSPS) is 10.5. The molecule has 0 saturated carbocycles. The molecule has 0 aliphatic rings. The smallest absolute Gasteiger partial charge is 0.259 e. The third-order valence-corrected chi connectivity index (χ3v) is 3.61. The van der Waals surface area contributed by atoms with Gasteiger partial charge in [-0.25, -0.2) is 13.8 Å². The zero-order valence-corrected chi connectivity index (χ0v) is 11.9. The van der Waals surface area contributed by atoms with Gasteiger partial charge in [0.15, 0.2) is 5.13 Å². The number of amides is 1. The Morgan fingerprint density at radius 1 is 1.23 bits per heavy atom. The van der Waals surface area contributed by atoms with Crippen molar-refractivity contribution in [3.63, 3.8) is 0 Å². The highest BCUT2D eigenvalue weighted by Gasteiger charge is 2.12. The van der Waals surface area contributed by atoms with Crippen molar-refractivity contribution in [1.82, 2.24) is 9.97 Å². The molecule has 4 nitrogen and oxygen atoms in total. The Kier molecular flexibility index (Phi) is 3.88. The molecule has 0 saturated heterocycles. The second kappa shape index (κ2) is 5.98. The molecule has 0 bridgehead atoms. The molecule has 0 fully saturated rings. The molecular formula is C15H9F2N3OS. The fraction of sp³-hybridized carbons (Fsp3) is 0. The lowest BCUT2D eigenvalue weighted by Gasteiger charge is -2.01. The van der Waals surface area contributed by atoms with Crippen LogP contribution in [0.5, 0.6) is 0 Å². The minimum atomic E-state index is -0.699. The summed E-state index contributed by atoms with van der Waals surface area (Å²) in [4.78, 5) is 20.0. The van der Waals surface area contributed by atoms with Crippen LogP contribution in [0, 0.1) is 11.6 Å². The van der Waals surface area contributed by atoms with Crippen molar-refractivity contribution in [2.75, 3.05) is 5.32 Å². The Morgan fingerprint density at radius 2 is 2.09 bits per heavy atom. The van der Waals surface area contributed by atoms with Crippen LogP contribution in [-0.4, -0.2) is 15.9 Å². The van der Waals surface area contributed by atoms with Crippen LogP contribution in [-0.2, 0) is 0 Å². The molecule has 1 amide bonds. The molecule has 0 spiro atoms. The predicted octanol–water partition coefficient (Wildman–Crippen LogP) is 3.74. The fourth-order valence-corrected chi connectivity index (χ4v) is 2.52. The third-order valence-electron chi connectivity index (χ3n) is 2.86. The summed E-state index contributed by atoms with van der Waals surface area (Å²) in [5.74, 6) is -1.70. The van der Waals surface area contributed by atoms with Gasteiger partial charge in [0, 0.05) is 29.4 Å². The summed E-state index contributed by atoms with van der Waals surface area (Å²) in [7, 11) is 0. The molecule has 0 aliphatic carbocycles. The number of aromatic nitrogens is 2. The number of nitrogens with one attached hydrogen (secondary N) is 1. The number of halogens is 2. The van der Waals surface area contributed by atoms with E-state index in [4.69, 9.17) is 0 Å². The van der Waals surface area contributed by atoms with Gasteiger partial charge < -0.3 is 0 Å². The van der Waals surface area contributed by atoms with Crippen LogP contribution < -0.4 is 5.32 Å². The molecule has 22 heavy (non-hydrogen) atoms. The molecule has 7 heteroatoms. The molecule has 0 radical (unpaired) electrons. The Bertz CT molecular complexity index is 821. The molecule has 3 aromatic rings. The van der Waals surface area contributed by atoms with Crippen LogP contribution in [0.25, 0.3) is 11.3 Å². The van der Waals surface area contributed by atoms with Crippen LogP contribution >= 0.6 is 11.3 Å². The van der Waals surface area contributed by atoms with E-state index >= 15 is 0 Å². The van der Waals surface area contributed by atoms with Crippen molar-refractivity contribution in [3.8, 4) is 11.3 Å². The first kappa shape index (κ1) is 14.3. The topological polar surface area (TPSA) is 54.9 Å². The van der Waals surface area contributed by atoms with Gasteiger partial charge >= 0.3 is 0 Å². The van der Waals surface area contributed by atoms with E-state index in [-0.39, 0.29) is 11.5 Å². The van der Waals surface area contributed by atoms with E-state index in [1.165, 1.54) is 12.3 Å². The zero-order chi connectivity index (χ0) is 15.5. The van der Waals surface area contributed by atoms with Crippen LogP contribution in [0.2, 0.25) is 0 Å². The van der Waals surface area contributed by atoms with Gasteiger partial charge in [0.25, 0.3) is 5.91 Å². The number of hydrogen-bond acceptors (Lipinski definition) is 4. The van der Waals surface area contributed by atoms with Crippen molar-refractivity contribution >= 4 is 22.4 Å². The van der Waals surface area contributed by atoms with Crippen molar-refractivity contribution < 1.29 is 13.6 Å². The summed E-state index contributed by atoms with van der Waals surface area (Å²) in [6, 6.07) is 6.53. The van der Waals surface area contributed by atoms with Crippen LogP contribution in [0.1, 0.15) is 10.4 Å². The largest absolute Gasteiger partial charge is 0.298 e. The Labute approximate surface area is 128 Å². The summed E-state index contributed by atoms with van der Waals surface area (Å²) in [6.45, 7) is 0. The number of anilines is 1. The summed E-state index contributed by atoms with van der Waals surface area (Å²) in [6.07, 6.45) is 3.00. The quantitative estimate of drug-likeness (QED) is 0.800. The average Bonchev–Trinajstić information content (AvgIpc) is 2.96. The second-order valence-corrected chi connectivity index (χ2v) is 5.22. The highest BCUT2D eigenvalue weighted by molar-refractivity contribution is 7.14. The lowest BCUT2D eigenvalue weighted by molar-refractivity contribution is 0.102. The number of carbonyl (C=O) groups excluding carboxylic acids is 1. The average molecular weight is 317 g/mol. The summed E-state index contributed by atoms with van der Waals surface area (Å²) in [5, 5.41) is 4.53. The van der Waals surface area contributed by atoms with Gasteiger partial charge in [-0.05, 0) is 24.3 Å². The Hall–Kier alpha value is -2.67. The fourth-order valence-electron chi connectivity index (χ4n) is 1.82. The number of hydrogen-bond donors (Lipinski definition) is 1. The van der Waals surface area contributed by atoms with Gasteiger partial charge in [0.05, 0.1) is 11.3 Å². The van der Waals surface area contributed by atoms with Crippen molar-refractivity contribution in [3.05, 3.63) is 65.3 Å². The van der Waals surface area contributed by atoms with E-state index < -0.39 is 11.6 Å². The molecule has 3 rings (SSSR count). The van der Waals surface area contributed by atoms with Crippen LogP contribution in [0.4, 0.5) is 13.9 Å². The summed E-state index contributed by atoms with van der Waals surface area (Å²) in [5.41, 5.74) is 0.913. The zero-order valence-electron chi connectivity index (χ0n) is 11.1. The number of carbonyl (C=O) groups is 1. The highest BCUT2D eigenvalue weighted by atomic mass is 32.1. The molecule has 1 aromatic carbocycles. The maximum Gasteiger partial charge on any atom is 0.259 e. The van der Waals surface area contributed by atoms with Gasteiger partial charge in [0.2, 0.25) is 0 Å². The van der Waals surface area contributed by atoms with Gasteiger partial charge in [-0.1, -0.05) is 0 Å². The molecule has 0 atom stereocenters. The summed E-state index contributed by atoms with van der Waals surface area (Å²) < 4.78 is 26.6. The number of benzene rings is 1. The molecule has 110 valence electrons. The number of rotatable bonds is 3. The van der Waals surface area contributed by atoms with E-state index in [9.17, 15) is 13.6 Å². The van der Waals surface area contributed by atoms with Gasteiger partial charge in [-0.3, -0.25) is 15.1 Å². The molecule has 2 heterocycles. The molecular weight excluding hydrogens is 308 g/mol. The maximum atomic E-state index is 13.7. The lowest BCUT2D eigenvalue weighted by Crippen LogP contribution is -2.11. The van der Waals surface area contributed by atoms with E-state index in [0.29, 0.717) is 16.4 Å². The predicted molar refractivity (Wildman–Crippen MR) is 79.7 cm³/mol. The van der Waals surface area contributed by atoms with E-state index in [0.717, 1.165) is 23.5 Å². The van der Waals surface area contributed by atoms with Crippen LogP contribution in [0.15, 0.2) is 48.1 Å². The van der Waals surface area contributed by atoms with Crippen molar-refractivity contribution in [1.29, 1.82) is 0 Å². The summed E-state index contributed by atoms with van der Waals surface area (Å²) >= 11 is 1.16. The molecule has 2 aromatic heterocycles. The third kappa shape index (κ3) is 2.99. The minimum absolute atomic E-state index is 0.180. The van der Waals surface area contributed by atoms with Crippen LogP contribution in [0.3, 0.4) is 0 Å². The first-order valence-corrected chi connectivity index (χ1v) is 7.14. The SMILES string of the molecule is O=C(Nc1nc(-c2ccc(F)cc2F)cs1)c1cccnc1. The Morgan fingerprint density at radius 3 is 2.82 bits per heavy atom. The Balaban J connectivity index is 1.81. The van der Waals surface area contributed by atoms with E-state index in [2.05, 4.69) is 15.3 Å². The monoisotopic (exact) mass is 317 g/mol. The van der Waals surface area contributed by atoms with Gasteiger partial charge in [-0.2, -0.15) is 0 Å². The standard InChI is InChI=1S/C15H9F2N3OS/c16-10-3-4-11(12(17)6-10)13-8-22-15(19-13)20-14(21)9-2-1-5-18-7-9/h1-8H,(H,19,20,21).